The first kappa shape index (κ1) is 25.0. The number of nitrogens with one attached hydrogen (secondary N) is 2. The third kappa shape index (κ3) is 5.85. The highest BCUT2D eigenvalue weighted by atomic mass is 35.5. The number of methoxy groups -OCH3 is 1. The van der Waals surface area contributed by atoms with Crippen LogP contribution in [-0.2, 0) is 19.1 Å². The maximum atomic E-state index is 12.6. The van der Waals surface area contributed by atoms with Crippen LogP contribution in [0, 0.1) is 0 Å². The molecule has 2 heterocycles. The molecule has 10 heteroatoms. The van der Waals surface area contributed by atoms with Crippen molar-refractivity contribution in [1.29, 1.82) is 0 Å². The van der Waals surface area contributed by atoms with Gasteiger partial charge in [0.1, 0.15) is 6.04 Å². The van der Waals surface area contributed by atoms with Crippen molar-refractivity contribution in [2.24, 2.45) is 0 Å². The maximum Gasteiger partial charge on any atom is 0.337 e. The Morgan fingerprint density at radius 3 is 2.48 bits per heavy atom. The molecule has 180 valence electrons. The zero-order chi connectivity index (χ0) is 24.0. The van der Waals surface area contributed by atoms with Crippen molar-refractivity contribution in [2.75, 3.05) is 46.4 Å². The monoisotopic (exact) mass is 478 g/mol. The summed E-state index contributed by atoms with van der Waals surface area (Å²) in [5, 5.41) is 6.10. The third-order valence-corrected chi connectivity index (χ3v) is 6.27. The average molecular weight is 479 g/mol. The van der Waals surface area contributed by atoms with E-state index in [2.05, 4.69) is 15.5 Å². The predicted molar refractivity (Wildman–Crippen MR) is 124 cm³/mol. The van der Waals surface area contributed by atoms with Crippen LogP contribution in [0.3, 0.4) is 0 Å². The summed E-state index contributed by atoms with van der Waals surface area (Å²) in [6, 6.07) is 5.96. The van der Waals surface area contributed by atoms with Crippen LogP contribution in [0.1, 0.15) is 31.9 Å². The van der Waals surface area contributed by atoms with Crippen LogP contribution in [0.4, 0.5) is 4.79 Å². The van der Waals surface area contributed by atoms with Crippen LogP contribution in [-0.4, -0.2) is 80.3 Å². The van der Waals surface area contributed by atoms with Gasteiger partial charge in [0.05, 0.1) is 25.3 Å². The number of ether oxygens (including phenoxy) is 2. The van der Waals surface area contributed by atoms with E-state index in [0.29, 0.717) is 61.0 Å². The Labute approximate surface area is 199 Å². The first-order chi connectivity index (χ1) is 15.9. The molecule has 33 heavy (non-hydrogen) atoms. The van der Waals surface area contributed by atoms with Crippen molar-refractivity contribution in [3.63, 3.8) is 0 Å². The SMILES string of the molecule is CCOC(=O)C1=C(CN2CCN([C@@H](C(=O)OC)c3ccccc3Cl)CC2)NC(=O)N[C@@H]1CC. The van der Waals surface area contributed by atoms with Crippen LogP contribution in [0.15, 0.2) is 35.5 Å². The highest BCUT2D eigenvalue weighted by molar-refractivity contribution is 6.31. The molecule has 0 spiro atoms. The number of rotatable bonds is 8. The number of esters is 2. The van der Waals surface area contributed by atoms with E-state index in [0.717, 1.165) is 0 Å². The van der Waals surface area contributed by atoms with Gasteiger partial charge in [-0.15, -0.1) is 0 Å². The van der Waals surface area contributed by atoms with Crippen molar-refractivity contribution in [2.45, 2.75) is 32.4 Å². The first-order valence-corrected chi connectivity index (χ1v) is 11.5. The molecule has 0 saturated carbocycles. The molecule has 0 bridgehead atoms. The van der Waals surface area contributed by atoms with Gasteiger partial charge in [-0.3, -0.25) is 9.80 Å². The van der Waals surface area contributed by atoms with Gasteiger partial charge in [-0.25, -0.2) is 14.4 Å². The van der Waals surface area contributed by atoms with Gasteiger partial charge >= 0.3 is 18.0 Å². The highest BCUT2D eigenvalue weighted by Gasteiger charge is 2.35. The van der Waals surface area contributed by atoms with Crippen molar-refractivity contribution >= 4 is 29.6 Å². The molecule has 0 unspecified atom stereocenters. The summed E-state index contributed by atoms with van der Waals surface area (Å²) in [7, 11) is 1.37. The van der Waals surface area contributed by atoms with Gasteiger partial charge in [-0.05, 0) is 25.0 Å². The fraction of sp³-hybridized carbons (Fsp3) is 0.522. The maximum absolute atomic E-state index is 12.6. The molecule has 2 amide bonds. The summed E-state index contributed by atoms with van der Waals surface area (Å²) in [5.74, 6) is -0.782. The molecule has 1 saturated heterocycles. The van der Waals surface area contributed by atoms with E-state index in [-0.39, 0.29) is 18.6 Å². The van der Waals surface area contributed by atoms with E-state index in [1.54, 1.807) is 13.0 Å². The Hall–Kier alpha value is -2.62. The normalized spacial score (nSPS) is 20.6. The summed E-state index contributed by atoms with van der Waals surface area (Å²) in [5.41, 5.74) is 1.74. The molecule has 2 aliphatic rings. The largest absolute Gasteiger partial charge is 0.468 e. The minimum atomic E-state index is -0.594. The van der Waals surface area contributed by atoms with Gasteiger partial charge in [0, 0.05) is 43.4 Å². The summed E-state index contributed by atoms with van der Waals surface area (Å²) >= 11 is 6.37. The third-order valence-electron chi connectivity index (χ3n) is 5.92. The van der Waals surface area contributed by atoms with Crippen molar-refractivity contribution in [1.82, 2.24) is 20.4 Å². The van der Waals surface area contributed by atoms with Crippen LogP contribution in [0.2, 0.25) is 5.02 Å². The molecule has 3 rings (SSSR count). The number of halogens is 1. The summed E-state index contributed by atoms with van der Waals surface area (Å²) in [6.07, 6.45) is 0.581. The second-order valence-electron chi connectivity index (χ2n) is 7.93. The fourth-order valence-electron chi connectivity index (χ4n) is 4.27. The lowest BCUT2D eigenvalue weighted by molar-refractivity contribution is -0.148. The predicted octanol–water partition coefficient (Wildman–Crippen LogP) is 2.08. The molecular weight excluding hydrogens is 448 g/mol. The Bertz CT molecular complexity index is 914. The molecule has 0 aromatic heterocycles. The van der Waals surface area contributed by atoms with E-state index in [1.165, 1.54) is 7.11 Å². The number of urea groups is 1. The number of piperazine rings is 1. The minimum Gasteiger partial charge on any atom is -0.468 e. The molecule has 1 aromatic carbocycles. The van der Waals surface area contributed by atoms with Crippen molar-refractivity contribution in [3.05, 3.63) is 46.1 Å². The molecule has 1 fully saturated rings. The van der Waals surface area contributed by atoms with Gasteiger partial charge < -0.3 is 20.1 Å². The average Bonchev–Trinajstić information content (AvgIpc) is 2.81. The minimum absolute atomic E-state index is 0.260. The van der Waals surface area contributed by atoms with Crippen LogP contribution < -0.4 is 10.6 Å². The van der Waals surface area contributed by atoms with Crippen LogP contribution in [0.5, 0.6) is 0 Å². The second kappa shape index (κ2) is 11.5. The quantitative estimate of drug-likeness (QED) is 0.552. The number of amides is 2. The number of carbonyl (C=O) groups is 3. The molecular formula is C23H31ClN4O5. The lowest BCUT2D eigenvalue weighted by Gasteiger charge is -2.39. The fourth-order valence-corrected chi connectivity index (χ4v) is 4.51. The smallest absolute Gasteiger partial charge is 0.337 e. The summed E-state index contributed by atoms with van der Waals surface area (Å²) < 4.78 is 10.3. The molecule has 0 radical (unpaired) electrons. The lowest BCUT2D eigenvalue weighted by Crippen LogP contribution is -2.54. The van der Waals surface area contributed by atoms with Crippen LogP contribution >= 0.6 is 11.6 Å². The number of nitrogens with zero attached hydrogens (tertiary/aromatic N) is 2. The molecule has 9 nitrogen and oxygen atoms in total. The van der Waals surface area contributed by atoms with E-state index >= 15 is 0 Å². The number of hydrogen-bond acceptors (Lipinski definition) is 7. The summed E-state index contributed by atoms with van der Waals surface area (Å²) in [4.78, 5) is 41.5. The molecule has 2 aliphatic heterocycles. The molecule has 0 aliphatic carbocycles. The zero-order valence-corrected chi connectivity index (χ0v) is 20.0. The van der Waals surface area contributed by atoms with Gasteiger partial charge in [-0.2, -0.15) is 0 Å². The Morgan fingerprint density at radius 2 is 1.88 bits per heavy atom. The van der Waals surface area contributed by atoms with Gasteiger partial charge in [0.2, 0.25) is 0 Å². The Kier molecular flexibility index (Phi) is 8.71. The van der Waals surface area contributed by atoms with Crippen molar-refractivity contribution in [3.8, 4) is 0 Å². The Morgan fingerprint density at radius 1 is 1.18 bits per heavy atom. The highest BCUT2D eigenvalue weighted by Crippen LogP contribution is 2.29. The number of benzene rings is 1. The number of carbonyl (C=O) groups excluding carboxylic acids is 3. The van der Waals surface area contributed by atoms with E-state index in [4.69, 9.17) is 21.1 Å². The summed E-state index contributed by atoms with van der Waals surface area (Å²) in [6.45, 7) is 6.79. The topological polar surface area (TPSA) is 100 Å². The van der Waals surface area contributed by atoms with Gasteiger partial charge in [0.25, 0.3) is 0 Å². The first-order valence-electron chi connectivity index (χ1n) is 11.2. The van der Waals surface area contributed by atoms with Crippen molar-refractivity contribution < 1.29 is 23.9 Å². The van der Waals surface area contributed by atoms with E-state index < -0.39 is 18.1 Å². The lowest BCUT2D eigenvalue weighted by atomic mass is 9.99. The van der Waals surface area contributed by atoms with E-state index in [1.807, 2.05) is 30.0 Å². The Balaban J connectivity index is 1.75. The standard InChI is InChI=1S/C23H31ClN4O5/c1-4-17-19(21(29)33-5-2)18(26-23(31)25-17)14-27-10-12-28(13-11-27)20(22(30)32-3)15-8-6-7-9-16(15)24/h6-9,17,20H,4-5,10-14H2,1-3H3,(H2,25,26,31)/t17-,20-/m1/s1. The van der Waals surface area contributed by atoms with Gasteiger partial charge in [0.15, 0.2) is 0 Å². The molecule has 2 atom stereocenters. The van der Waals surface area contributed by atoms with E-state index in [9.17, 15) is 14.4 Å². The van der Waals surface area contributed by atoms with Crippen LogP contribution in [0.25, 0.3) is 0 Å². The second-order valence-corrected chi connectivity index (χ2v) is 8.34. The van der Waals surface area contributed by atoms with Gasteiger partial charge in [-0.1, -0.05) is 36.7 Å². The number of hydrogen-bond donors (Lipinski definition) is 2. The molecule has 1 aromatic rings. The molecule has 2 N–H and O–H groups in total. The zero-order valence-electron chi connectivity index (χ0n) is 19.2.